The number of rotatable bonds is 3. The van der Waals surface area contributed by atoms with E-state index in [-0.39, 0.29) is 6.10 Å². The van der Waals surface area contributed by atoms with E-state index in [9.17, 15) is 4.79 Å². The lowest BCUT2D eigenvalue weighted by molar-refractivity contribution is 0.0696. The van der Waals surface area contributed by atoms with Crippen LogP contribution in [-0.4, -0.2) is 17.2 Å². The third-order valence-electron chi connectivity index (χ3n) is 1.88. The fourth-order valence-corrected chi connectivity index (χ4v) is 2.06. The van der Waals surface area contributed by atoms with Crippen molar-refractivity contribution in [2.75, 3.05) is 0 Å². The van der Waals surface area contributed by atoms with E-state index in [1.165, 1.54) is 11.3 Å². The summed E-state index contributed by atoms with van der Waals surface area (Å²) in [5.74, 6) is -0.392. The summed E-state index contributed by atoms with van der Waals surface area (Å²) >= 11 is 1.27. The lowest BCUT2D eigenvalue weighted by Gasteiger charge is -2.10. The van der Waals surface area contributed by atoms with Crippen LogP contribution in [0.15, 0.2) is 0 Å². The zero-order chi connectivity index (χ0) is 10.9. The van der Waals surface area contributed by atoms with Crippen LogP contribution in [0.3, 0.4) is 0 Å². The van der Waals surface area contributed by atoms with E-state index in [4.69, 9.17) is 9.84 Å². The number of aromatic carboxylic acids is 1. The maximum absolute atomic E-state index is 10.9. The first-order chi connectivity index (χ1) is 6.43. The SMILES string of the molecule is Cc1sc(C(=O)O)c(OC(C)C)c1C. The molecule has 0 aliphatic carbocycles. The van der Waals surface area contributed by atoms with E-state index in [1.54, 1.807) is 0 Å². The molecule has 0 aliphatic heterocycles. The summed E-state index contributed by atoms with van der Waals surface area (Å²) in [5, 5.41) is 8.95. The van der Waals surface area contributed by atoms with Crippen LogP contribution in [0.1, 0.15) is 34.0 Å². The van der Waals surface area contributed by atoms with Gasteiger partial charge in [-0.3, -0.25) is 0 Å². The quantitative estimate of drug-likeness (QED) is 0.841. The predicted molar refractivity (Wildman–Crippen MR) is 56.5 cm³/mol. The van der Waals surface area contributed by atoms with Gasteiger partial charge in [0.2, 0.25) is 0 Å². The van der Waals surface area contributed by atoms with Crippen molar-refractivity contribution in [1.29, 1.82) is 0 Å². The zero-order valence-electron chi connectivity index (χ0n) is 8.75. The Bertz CT molecular complexity index is 352. The van der Waals surface area contributed by atoms with E-state index in [0.717, 1.165) is 10.4 Å². The maximum Gasteiger partial charge on any atom is 0.349 e. The Morgan fingerprint density at radius 1 is 1.43 bits per heavy atom. The van der Waals surface area contributed by atoms with Gasteiger partial charge in [0, 0.05) is 10.4 Å². The van der Waals surface area contributed by atoms with E-state index in [2.05, 4.69) is 0 Å². The van der Waals surface area contributed by atoms with Crippen LogP contribution >= 0.6 is 11.3 Å². The van der Waals surface area contributed by atoms with Gasteiger partial charge in [0.1, 0.15) is 5.75 Å². The largest absolute Gasteiger partial charge is 0.489 e. The smallest absolute Gasteiger partial charge is 0.349 e. The van der Waals surface area contributed by atoms with Gasteiger partial charge in [-0.05, 0) is 27.7 Å². The highest BCUT2D eigenvalue weighted by atomic mass is 32.1. The molecule has 0 radical (unpaired) electrons. The van der Waals surface area contributed by atoms with Crippen LogP contribution in [0.5, 0.6) is 5.75 Å². The second-order valence-electron chi connectivity index (χ2n) is 3.41. The molecule has 1 N–H and O–H groups in total. The van der Waals surface area contributed by atoms with Crippen LogP contribution < -0.4 is 4.74 Å². The van der Waals surface area contributed by atoms with E-state index < -0.39 is 5.97 Å². The summed E-state index contributed by atoms with van der Waals surface area (Å²) in [6.45, 7) is 7.56. The van der Waals surface area contributed by atoms with Gasteiger partial charge in [-0.25, -0.2) is 4.79 Å². The van der Waals surface area contributed by atoms with Crippen LogP contribution in [0.25, 0.3) is 0 Å². The molecule has 0 amide bonds. The fraction of sp³-hybridized carbons (Fsp3) is 0.500. The first kappa shape index (κ1) is 11.0. The van der Waals surface area contributed by atoms with Crippen molar-refractivity contribution in [2.24, 2.45) is 0 Å². The lowest BCUT2D eigenvalue weighted by Crippen LogP contribution is -2.08. The molecule has 0 saturated heterocycles. The van der Waals surface area contributed by atoms with Gasteiger partial charge < -0.3 is 9.84 Å². The van der Waals surface area contributed by atoms with Gasteiger partial charge in [-0.1, -0.05) is 0 Å². The number of ether oxygens (including phenoxy) is 1. The summed E-state index contributed by atoms with van der Waals surface area (Å²) < 4.78 is 5.49. The second kappa shape index (κ2) is 4.00. The summed E-state index contributed by atoms with van der Waals surface area (Å²) in [7, 11) is 0. The molecule has 0 aliphatic rings. The molecule has 0 atom stereocenters. The Hall–Kier alpha value is -1.03. The Balaban J connectivity index is 3.16. The second-order valence-corrected chi connectivity index (χ2v) is 4.64. The molecule has 0 unspecified atom stereocenters. The Morgan fingerprint density at radius 2 is 2.00 bits per heavy atom. The van der Waals surface area contributed by atoms with Crippen LogP contribution in [-0.2, 0) is 0 Å². The summed E-state index contributed by atoms with van der Waals surface area (Å²) in [5.41, 5.74) is 0.932. The molecule has 0 spiro atoms. The summed E-state index contributed by atoms with van der Waals surface area (Å²) in [4.78, 5) is 12.2. The molecule has 1 rings (SSSR count). The average molecular weight is 214 g/mol. The molecular weight excluding hydrogens is 200 g/mol. The summed E-state index contributed by atoms with van der Waals surface area (Å²) in [6, 6.07) is 0. The first-order valence-corrected chi connectivity index (χ1v) is 5.25. The molecule has 3 nitrogen and oxygen atoms in total. The molecule has 0 bridgehead atoms. The number of aryl methyl sites for hydroxylation is 1. The zero-order valence-corrected chi connectivity index (χ0v) is 9.57. The monoisotopic (exact) mass is 214 g/mol. The van der Waals surface area contributed by atoms with Gasteiger partial charge in [-0.2, -0.15) is 0 Å². The minimum atomic E-state index is -0.915. The van der Waals surface area contributed by atoms with E-state index in [0.29, 0.717) is 10.6 Å². The highest BCUT2D eigenvalue weighted by Crippen LogP contribution is 2.34. The minimum Gasteiger partial charge on any atom is -0.489 e. The van der Waals surface area contributed by atoms with E-state index >= 15 is 0 Å². The number of hydrogen-bond donors (Lipinski definition) is 1. The van der Waals surface area contributed by atoms with Crippen molar-refractivity contribution in [3.8, 4) is 5.75 Å². The minimum absolute atomic E-state index is 0.000741. The number of carboxylic acids is 1. The normalized spacial score (nSPS) is 10.6. The van der Waals surface area contributed by atoms with Gasteiger partial charge in [-0.15, -0.1) is 11.3 Å². The molecule has 1 aromatic rings. The number of thiophene rings is 1. The highest BCUT2D eigenvalue weighted by Gasteiger charge is 2.20. The van der Waals surface area contributed by atoms with Gasteiger partial charge in [0.25, 0.3) is 0 Å². The first-order valence-electron chi connectivity index (χ1n) is 4.43. The molecule has 0 fully saturated rings. The molecular formula is C10H14O3S. The van der Waals surface area contributed by atoms with Crippen molar-refractivity contribution in [3.05, 3.63) is 15.3 Å². The van der Waals surface area contributed by atoms with Crippen molar-refractivity contribution >= 4 is 17.3 Å². The van der Waals surface area contributed by atoms with Crippen molar-refractivity contribution in [3.63, 3.8) is 0 Å². The maximum atomic E-state index is 10.9. The molecule has 1 heterocycles. The van der Waals surface area contributed by atoms with Crippen molar-refractivity contribution < 1.29 is 14.6 Å². The molecule has 4 heteroatoms. The third kappa shape index (κ3) is 2.07. The third-order valence-corrected chi connectivity index (χ3v) is 3.05. The highest BCUT2D eigenvalue weighted by molar-refractivity contribution is 7.14. The Labute approximate surface area is 87.3 Å². The standard InChI is InChI=1S/C10H14O3S/c1-5(2)13-8-6(3)7(4)14-9(8)10(11)12/h5H,1-4H3,(H,11,12). The summed E-state index contributed by atoms with van der Waals surface area (Å²) in [6.07, 6.45) is 0.000741. The number of carbonyl (C=O) groups is 1. The lowest BCUT2D eigenvalue weighted by atomic mass is 10.2. The fourth-order valence-electron chi connectivity index (χ4n) is 1.12. The molecule has 1 aromatic heterocycles. The average Bonchev–Trinajstić information content (AvgIpc) is 2.32. The Kier molecular flexibility index (Phi) is 3.16. The topological polar surface area (TPSA) is 46.5 Å². The Morgan fingerprint density at radius 3 is 2.43 bits per heavy atom. The predicted octanol–water partition coefficient (Wildman–Crippen LogP) is 2.85. The molecule has 14 heavy (non-hydrogen) atoms. The molecule has 78 valence electrons. The number of carboxylic acid groups (broad SMARTS) is 1. The van der Waals surface area contributed by atoms with Gasteiger partial charge >= 0.3 is 5.97 Å². The molecule has 0 aromatic carbocycles. The van der Waals surface area contributed by atoms with Gasteiger partial charge in [0.15, 0.2) is 4.88 Å². The van der Waals surface area contributed by atoms with Gasteiger partial charge in [0.05, 0.1) is 6.10 Å². The van der Waals surface area contributed by atoms with Crippen molar-refractivity contribution in [1.82, 2.24) is 0 Å². The number of hydrogen-bond acceptors (Lipinski definition) is 3. The van der Waals surface area contributed by atoms with Crippen LogP contribution in [0.2, 0.25) is 0 Å². The van der Waals surface area contributed by atoms with E-state index in [1.807, 2.05) is 27.7 Å². The molecule has 0 saturated carbocycles. The van der Waals surface area contributed by atoms with Crippen LogP contribution in [0.4, 0.5) is 0 Å². The van der Waals surface area contributed by atoms with Crippen molar-refractivity contribution in [2.45, 2.75) is 33.8 Å². The van der Waals surface area contributed by atoms with Crippen LogP contribution in [0, 0.1) is 13.8 Å².